The Bertz CT molecular complexity index is 1580. The second-order valence-corrected chi connectivity index (χ2v) is 10.7. The third-order valence-electron chi connectivity index (χ3n) is 8.44. The molecule has 0 bridgehead atoms. The highest BCUT2D eigenvalue weighted by Crippen LogP contribution is 2.46. The van der Waals surface area contributed by atoms with Crippen molar-refractivity contribution in [3.05, 3.63) is 76.9 Å². The smallest absolute Gasteiger partial charge is 0.259 e. The molecule has 0 saturated carbocycles. The van der Waals surface area contributed by atoms with Crippen LogP contribution >= 0.6 is 0 Å². The number of aromatic nitrogens is 1. The molecule has 0 spiro atoms. The van der Waals surface area contributed by atoms with Crippen LogP contribution in [0.1, 0.15) is 78.1 Å². The molecule has 4 unspecified atom stereocenters. The zero-order valence-electron chi connectivity index (χ0n) is 24.3. The molecule has 3 aromatic rings. The molecule has 40 heavy (non-hydrogen) atoms. The molecule has 4 atom stereocenters. The fraction of sp³-hybridized carbons (Fsp3) is 0.394. The van der Waals surface area contributed by atoms with Crippen LogP contribution in [0.4, 0.5) is 0 Å². The van der Waals surface area contributed by atoms with Gasteiger partial charge in [0.05, 0.1) is 28.3 Å². The van der Waals surface area contributed by atoms with E-state index in [4.69, 9.17) is 9.47 Å². The Balaban J connectivity index is 1.97. The first-order chi connectivity index (χ1) is 19.3. The van der Waals surface area contributed by atoms with Crippen molar-refractivity contribution in [1.82, 2.24) is 15.2 Å². The van der Waals surface area contributed by atoms with Crippen molar-refractivity contribution in [1.29, 1.82) is 0 Å². The molecule has 210 valence electrons. The summed E-state index contributed by atoms with van der Waals surface area (Å²) in [6.45, 7) is 12.1. The van der Waals surface area contributed by atoms with Crippen LogP contribution in [-0.2, 0) is 9.47 Å². The molecule has 0 radical (unpaired) electrons. The number of nitrogens with one attached hydrogen (secondary N) is 2. The normalized spacial score (nSPS) is 23.6. The van der Waals surface area contributed by atoms with Crippen molar-refractivity contribution in [2.45, 2.75) is 71.4 Å². The minimum atomic E-state index is -0.449. The average Bonchev–Trinajstić information content (AvgIpc) is 3.45. The molecule has 2 N–H and O–H groups in total. The molecule has 3 heterocycles. The van der Waals surface area contributed by atoms with Gasteiger partial charge in [-0.05, 0) is 63.4 Å². The van der Waals surface area contributed by atoms with E-state index in [0.717, 1.165) is 63.3 Å². The number of benzene rings is 2. The summed E-state index contributed by atoms with van der Waals surface area (Å²) in [6, 6.07) is 8.12. The molecule has 1 saturated heterocycles. The molecule has 2 aromatic carbocycles. The number of rotatable bonds is 8. The Morgan fingerprint density at radius 1 is 1.25 bits per heavy atom. The number of ether oxygens (including phenoxy) is 2. The van der Waals surface area contributed by atoms with Crippen molar-refractivity contribution in [3.63, 3.8) is 0 Å². The zero-order chi connectivity index (χ0) is 28.7. The summed E-state index contributed by atoms with van der Waals surface area (Å²) in [5, 5.41) is 7.72. The summed E-state index contributed by atoms with van der Waals surface area (Å²) >= 11 is 0. The lowest BCUT2D eigenvalue weighted by atomic mass is 9.86. The summed E-state index contributed by atoms with van der Waals surface area (Å²) in [4.78, 5) is 26.9. The summed E-state index contributed by atoms with van der Waals surface area (Å²) in [7, 11) is 3.69. The third-order valence-corrected chi connectivity index (χ3v) is 8.44. The van der Waals surface area contributed by atoms with Crippen molar-refractivity contribution in [2.75, 3.05) is 14.2 Å². The van der Waals surface area contributed by atoms with E-state index >= 15 is 0 Å². The number of methoxy groups -OCH3 is 1. The second-order valence-electron chi connectivity index (χ2n) is 10.7. The van der Waals surface area contributed by atoms with Crippen molar-refractivity contribution >= 4 is 39.2 Å². The van der Waals surface area contributed by atoms with E-state index in [1.165, 1.54) is 0 Å². The van der Waals surface area contributed by atoms with Crippen LogP contribution in [0.15, 0.2) is 54.6 Å². The maximum Gasteiger partial charge on any atom is 0.259 e. The second kappa shape index (κ2) is 11.2. The first-order valence-corrected chi connectivity index (χ1v) is 14.1. The number of amides is 2. The molecule has 1 aromatic heterocycles. The molecule has 2 aliphatic heterocycles. The van der Waals surface area contributed by atoms with Gasteiger partial charge in [-0.1, -0.05) is 56.4 Å². The first kappa shape index (κ1) is 28.0. The standard InChI is InChI=1S/C33H39N3O4/c1-8-13-20-17-23(34-6)30(39-7)33(40-20)36-24-16-12-11-15-22(24)26-28-27(31(37)35-32(28)38)25(19(5)29(26)36)21(14-9-2)18(4)10-3/h9-12,14-16,20,23,30,33-34H,3,8,13,17H2,1-2,4-7H3,(H,35,37,38)/b14-9-,21-18+. The fourth-order valence-corrected chi connectivity index (χ4v) is 6.64. The van der Waals surface area contributed by atoms with E-state index < -0.39 is 6.23 Å². The number of aryl methyl sites for hydroxylation is 1. The highest BCUT2D eigenvalue weighted by Gasteiger charge is 2.42. The van der Waals surface area contributed by atoms with Crippen molar-refractivity contribution < 1.29 is 19.1 Å². The Labute approximate surface area is 235 Å². The van der Waals surface area contributed by atoms with E-state index in [1.807, 2.05) is 58.2 Å². The third kappa shape index (κ3) is 4.24. The quantitative estimate of drug-likeness (QED) is 0.262. The van der Waals surface area contributed by atoms with Gasteiger partial charge in [0, 0.05) is 29.5 Å². The van der Waals surface area contributed by atoms with E-state index in [0.29, 0.717) is 11.1 Å². The van der Waals surface area contributed by atoms with Gasteiger partial charge < -0.3 is 19.4 Å². The molecule has 1 fully saturated rings. The van der Waals surface area contributed by atoms with Crippen LogP contribution in [-0.4, -0.2) is 48.8 Å². The zero-order valence-corrected chi connectivity index (χ0v) is 24.3. The van der Waals surface area contributed by atoms with Crippen LogP contribution in [0.25, 0.3) is 27.4 Å². The fourth-order valence-electron chi connectivity index (χ4n) is 6.64. The number of allylic oxidation sites excluding steroid dienone is 5. The van der Waals surface area contributed by atoms with Gasteiger partial charge in [-0.15, -0.1) is 0 Å². The van der Waals surface area contributed by atoms with E-state index in [2.05, 4.69) is 34.8 Å². The maximum absolute atomic E-state index is 13.5. The number of nitrogens with zero attached hydrogens (tertiary/aromatic N) is 1. The molecule has 0 aliphatic carbocycles. The van der Waals surface area contributed by atoms with Gasteiger partial charge in [-0.25, -0.2) is 0 Å². The predicted molar refractivity (Wildman–Crippen MR) is 161 cm³/mol. The Kier molecular flexibility index (Phi) is 7.82. The monoisotopic (exact) mass is 541 g/mol. The summed E-state index contributed by atoms with van der Waals surface area (Å²) in [5.74, 6) is -0.757. The lowest BCUT2D eigenvalue weighted by molar-refractivity contribution is -0.174. The Morgan fingerprint density at radius 2 is 1.98 bits per heavy atom. The Morgan fingerprint density at radius 3 is 2.62 bits per heavy atom. The number of carbonyl (C=O) groups is 2. The maximum atomic E-state index is 13.5. The minimum Gasteiger partial charge on any atom is -0.375 e. The van der Waals surface area contributed by atoms with Crippen LogP contribution < -0.4 is 10.6 Å². The van der Waals surface area contributed by atoms with Crippen LogP contribution in [0.2, 0.25) is 0 Å². The van der Waals surface area contributed by atoms with E-state index in [-0.39, 0.29) is 30.1 Å². The van der Waals surface area contributed by atoms with Gasteiger partial charge in [0.2, 0.25) is 0 Å². The summed E-state index contributed by atoms with van der Waals surface area (Å²) < 4.78 is 15.2. The highest BCUT2D eigenvalue weighted by atomic mass is 16.6. The van der Waals surface area contributed by atoms with E-state index in [9.17, 15) is 9.59 Å². The van der Waals surface area contributed by atoms with Gasteiger partial charge in [-0.3, -0.25) is 14.9 Å². The summed E-state index contributed by atoms with van der Waals surface area (Å²) in [5.41, 5.74) is 6.05. The van der Waals surface area contributed by atoms with Gasteiger partial charge >= 0.3 is 0 Å². The number of hydrogen-bond acceptors (Lipinski definition) is 5. The average molecular weight is 542 g/mol. The first-order valence-electron chi connectivity index (χ1n) is 14.1. The predicted octanol–water partition coefficient (Wildman–Crippen LogP) is 6.21. The minimum absolute atomic E-state index is 0.0515. The lowest BCUT2D eigenvalue weighted by Gasteiger charge is -2.42. The van der Waals surface area contributed by atoms with Gasteiger partial charge in [0.25, 0.3) is 11.8 Å². The molecule has 2 aliphatic rings. The molecule has 2 amide bonds. The van der Waals surface area contributed by atoms with Crippen molar-refractivity contribution in [3.8, 4) is 0 Å². The largest absolute Gasteiger partial charge is 0.375 e. The molecule has 7 heteroatoms. The number of imide groups is 1. The SMILES string of the molecule is C=C/C(C)=C(\C=C/C)c1c2c(c3c4ccccc4n(C4OC(CCC)CC(NC)C4OC)c3c1C)C(=O)NC2=O. The molecular formula is C33H39N3O4. The topological polar surface area (TPSA) is 81.6 Å². The summed E-state index contributed by atoms with van der Waals surface area (Å²) in [6.07, 6.45) is 7.84. The number of likely N-dealkylation sites (N-methyl/N-ethyl adjacent to an activating group) is 1. The van der Waals surface area contributed by atoms with Crippen LogP contribution in [0.5, 0.6) is 0 Å². The number of carbonyl (C=O) groups excluding carboxylic acids is 2. The molecule has 7 nitrogen and oxygen atoms in total. The number of para-hydroxylation sites is 1. The van der Waals surface area contributed by atoms with Gasteiger partial charge in [0.1, 0.15) is 6.10 Å². The number of hydrogen-bond donors (Lipinski definition) is 2. The highest BCUT2D eigenvalue weighted by molar-refractivity contribution is 6.32. The van der Waals surface area contributed by atoms with Gasteiger partial charge in [0.15, 0.2) is 6.23 Å². The van der Waals surface area contributed by atoms with Gasteiger partial charge in [-0.2, -0.15) is 0 Å². The molecule has 5 rings (SSSR count). The Hall–Kier alpha value is -3.52. The van der Waals surface area contributed by atoms with Crippen LogP contribution in [0.3, 0.4) is 0 Å². The van der Waals surface area contributed by atoms with Crippen molar-refractivity contribution in [2.24, 2.45) is 0 Å². The number of fused-ring (bicyclic) bond motifs is 5. The van der Waals surface area contributed by atoms with Crippen LogP contribution in [0, 0.1) is 6.92 Å². The van der Waals surface area contributed by atoms with E-state index in [1.54, 1.807) is 13.2 Å². The molecular weight excluding hydrogens is 502 g/mol. The lowest BCUT2D eigenvalue weighted by Crippen LogP contribution is -2.52.